The molecular formula is C16H23NO5. The highest BCUT2D eigenvalue weighted by Gasteiger charge is 2.20. The summed E-state index contributed by atoms with van der Waals surface area (Å²) in [4.78, 5) is 11.6. The Balaban J connectivity index is 1.72. The summed E-state index contributed by atoms with van der Waals surface area (Å²) < 4.78 is 20.9. The second kappa shape index (κ2) is 8.60. The molecule has 6 nitrogen and oxygen atoms in total. The smallest absolute Gasteiger partial charge is 0.246 e. The molecule has 0 saturated carbocycles. The van der Waals surface area contributed by atoms with Crippen LogP contribution in [0.2, 0.25) is 0 Å². The third kappa shape index (κ3) is 4.89. The molecule has 0 spiro atoms. The number of ether oxygens (including phenoxy) is 4. The normalized spacial score (nSPS) is 16.5. The van der Waals surface area contributed by atoms with Crippen molar-refractivity contribution < 1.29 is 23.7 Å². The summed E-state index contributed by atoms with van der Waals surface area (Å²) in [5.74, 6) is 1.81. The summed E-state index contributed by atoms with van der Waals surface area (Å²) in [6, 6.07) is 5.83. The molecule has 1 aromatic carbocycles. The molecule has 122 valence electrons. The predicted molar refractivity (Wildman–Crippen MR) is 81.4 cm³/mol. The van der Waals surface area contributed by atoms with E-state index in [1.807, 2.05) is 18.2 Å². The third-order valence-corrected chi connectivity index (χ3v) is 3.51. The zero-order valence-electron chi connectivity index (χ0n) is 13.1. The van der Waals surface area contributed by atoms with Crippen LogP contribution in [-0.4, -0.2) is 53.1 Å². The second-order valence-electron chi connectivity index (χ2n) is 5.20. The van der Waals surface area contributed by atoms with Crippen LogP contribution in [0.15, 0.2) is 18.2 Å². The number of hydrogen-bond acceptors (Lipinski definition) is 5. The van der Waals surface area contributed by atoms with E-state index in [9.17, 15) is 4.79 Å². The van der Waals surface area contributed by atoms with Gasteiger partial charge in [0.15, 0.2) is 0 Å². The number of methoxy groups -OCH3 is 2. The first-order valence-corrected chi connectivity index (χ1v) is 7.36. The van der Waals surface area contributed by atoms with Gasteiger partial charge in [0, 0.05) is 25.6 Å². The van der Waals surface area contributed by atoms with Crippen LogP contribution >= 0.6 is 0 Å². The van der Waals surface area contributed by atoms with E-state index < -0.39 is 0 Å². The lowest BCUT2D eigenvalue weighted by Crippen LogP contribution is -2.36. The molecule has 0 fully saturated rings. The first-order chi connectivity index (χ1) is 10.7. The number of fused-ring (bicyclic) bond motifs is 1. The number of carbonyl (C=O) groups excluding carboxylic acids is 1. The molecule has 1 aliphatic rings. The minimum absolute atomic E-state index is 0.0602. The fourth-order valence-corrected chi connectivity index (χ4v) is 2.29. The van der Waals surface area contributed by atoms with E-state index in [1.54, 1.807) is 14.2 Å². The molecule has 0 saturated heterocycles. The Morgan fingerprint density at radius 3 is 3.00 bits per heavy atom. The molecule has 1 aromatic rings. The van der Waals surface area contributed by atoms with Crippen molar-refractivity contribution in [3.05, 3.63) is 23.8 Å². The highest BCUT2D eigenvalue weighted by atomic mass is 16.5. The van der Waals surface area contributed by atoms with Gasteiger partial charge in [0.25, 0.3) is 0 Å². The zero-order chi connectivity index (χ0) is 15.8. The molecule has 0 aliphatic carbocycles. The van der Waals surface area contributed by atoms with E-state index in [2.05, 4.69) is 5.32 Å². The summed E-state index contributed by atoms with van der Waals surface area (Å²) >= 11 is 0. The fraction of sp³-hybridized carbons (Fsp3) is 0.562. The molecular weight excluding hydrogens is 286 g/mol. The van der Waals surface area contributed by atoms with Gasteiger partial charge in [-0.1, -0.05) is 6.07 Å². The summed E-state index contributed by atoms with van der Waals surface area (Å²) in [7, 11) is 3.23. The Morgan fingerprint density at radius 2 is 2.23 bits per heavy atom. The summed E-state index contributed by atoms with van der Waals surface area (Å²) in [5, 5.41) is 2.87. The average Bonchev–Trinajstić information content (AvgIpc) is 2.56. The van der Waals surface area contributed by atoms with Crippen LogP contribution < -0.4 is 14.8 Å². The number of nitrogens with one attached hydrogen (secondary N) is 1. The maximum absolute atomic E-state index is 11.6. The van der Waals surface area contributed by atoms with Gasteiger partial charge in [0.2, 0.25) is 5.91 Å². The molecule has 2 rings (SSSR count). The van der Waals surface area contributed by atoms with Crippen molar-refractivity contribution in [3.63, 3.8) is 0 Å². The maximum Gasteiger partial charge on any atom is 0.246 e. The Morgan fingerprint density at radius 1 is 1.36 bits per heavy atom. The summed E-state index contributed by atoms with van der Waals surface area (Å²) in [6.07, 6.45) is 0.879. The van der Waals surface area contributed by atoms with E-state index >= 15 is 0 Å². The van der Waals surface area contributed by atoms with Gasteiger partial charge in [0.05, 0.1) is 26.9 Å². The largest absolute Gasteiger partial charge is 0.497 e. The fourth-order valence-electron chi connectivity index (χ4n) is 2.29. The van der Waals surface area contributed by atoms with Crippen LogP contribution in [0.5, 0.6) is 11.5 Å². The number of amides is 1. The molecule has 1 amide bonds. The van der Waals surface area contributed by atoms with E-state index in [4.69, 9.17) is 18.9 Å². The summed E-state index contributed by atoms with van der Waals surface area (Å²) in [5.41, 5.74) is 1.14. The van der Waals surface area contributed by atoms with Gasteiger partial charge in [0.1, 0.15) is 18.1 Å². The first-order valence-electron chi connectivity index (χ1n) is 7.36. The minimum atomic E-state index is -0.114. The molecule has 1 N–H and O–H groups in total. The maximum atomic E-state index is 11.6. The highest BCUT2D eigenvalue weighted by Crippen LogP contribution is 2.30. The first kappa shape index (κ1) is 16.6. The Labute approximate surface area is 130 Å². The molecule has 6 heteroatoms. The van der Waals surface area contributed by atoms with E-state index in [-0.39, 0.29) is 18.4 Å². The Bertz CT molecular complexity index is 491. The van der Waals surface area contributed by atoms with Crippen molar-refractivity contribution in [2.45, 2.75) is 6.42 Å². The van der Waals surface area contributed by atoms with Crippen LogP contribution in [0.1, 0.15) is 5.56 Å². The lowest BCUT2D eigenvalue weighted by Gasteiger charge is -2.25. The number of carbonyl (C=O) groups is 1. The van der Waals surface area contributed by atoms with E-state index in [1.165, 1.54) is 0 Å². The molecule has 0 aromatic heterocycles. The monoisotopic (exact) mass is 309 g/mol. The van der Waals surface area contributed by atoms with Crippen molar-refractivity contribution in [2.24, 2.45) is 5.92 Å². The van der Waals surface area contributed by atoms with Crippen LogP contribution in [0, 0.1) is 5.92 Å². The third-order valence-electron chi connectivity index (χ3n) is 3.51. The molecule has 1 atom stereocenters. The number of benzene rings is 1. The van der Waals surface area contributed by atoms with Gasteiger partial charge in [-0.15, -0.1) is 0 Å². The van der Waals surface area contributed by atoms with Crippen molar-refractivity contribution >= 4 is 5.91 Å². The summed E-state index contributed by atoms with van der Waals surface area (Å²) in [6.45, 7) is 2.14. The van der Waals surface area contributed by atoms with Crippen LogP contribution in [-0.2, 0) is 20.7 Å². The quantitative estimate of drug-likeness (QED) is 0.727. The molecule has 0 bridgehead atoms. The molecule has 22 heavy (non-hydrogen) atoms. The van der Waals surface area contributed by atoms with E-state index in [0.717, 1.165) is 23.5 Å². The van der Waals surface area contributed by atoms with Gasteiger partial charge >= 0.3 is 0 Å². The van der Waals surface area contributed by atoms with Crippen LogP contribution in [0.4, 0.5) is 0 Å². The van der Waals surface area contributed by atoms with Crippen molar-refractivity contribution in [3.8, 4) is 11.5 Å². The topological polar surface area (TPSA) is 66.0 Å². The average molecular weight is 309 g/mol. The molecule has 1 heterocycles. The van der Waals surface area contributed by atoms with Gasteiger partial charge in [-0.05, 0) is 18.1 Å². The molecule has 0 unspecified atom stereocenters. The molecule has 1 aliphatic heterocycles. The van der Waals surface area contributed by atoms with Crippen molar-refractivity contribution in [2.75, 3.05) is 47.2 Å². The standard InChI is InChI=1S/C16H23NO5/c1-19-5-6-21-11-16(18)17-9-12-7-13-3-4-14(20-2)8-15(13)22-10-12/h3-4,8,12H,5-7,9-11H2,1-2H3,(H,17,18)/t12-/m0/s1. The second-order valence-corrected chi connectivity index (χ2v) is 5.20. The van der Waals surface area contributed by atoms with Gasteiger partial charge in [-0.3, -0.25) is 4.79 Å². The van der Waals surface area contributed by atoms with Crippen LogP contribution in [0.3, 0.4) is 0 Å². The lowest BCUT2D eigenvalue weighted by atomic mass is 9.96. The lowest BCUT2D eigenvalue weighted by molar-refractivity contribution is -0.126. The Hall–Kier alpha value is -1.79. The Kier molecular flexibility index (Phi) is 6.48. The van der Waals surface area contributed by atoms with E-state index in [0.29, 0.717) is 26.4 Å². The van der Waals surface area contributed by atoms with Gasteiger partial charge in [-0.2, -0.15) is 0 Å². The van der Waals surface area contributed by atoms with Crippen molar-refractivity contribution in [1.82, 2.24) is 5.32 Å². The molecule has 0 radical (unpaired) electrons. The zero-order valence-corrected chi connectivity index (χ0v) is 13.1. The number of hydrogen-bond donors (Lipinski definition) is 1. The number of rotatable bonds is 8. The SMILES string of the molecule is COCCOCC(=O)NC[C@H]1COc2cc(OC)ccc2C1. The van der Waals surface area contributed by atoms with Crippen LogP contribution in [0.25, 0.3) is 0 Å². The van der Waals surface area contributed by atoms with Gasteiger partial charge in [-0.25, -0.2) is 0 Å². The highest BCUT2D eigenvalue weighted by molar-refractivity contribution is 5.77. The van der Waals surface area contributed by atoms with Crippen molar-refractivity contribution in [1.29, 1.82) is 0 Å². The minimum Gasteiger partial charge on any atom is -0.497 e. The predicted octanol–water partition coefficient (Wildman–Crippen LogP) is 1.03. The van der Waals surface area contributed by atoms with Gasteiger partial charge < -0.3 is 24.3 Å².